The van der Waals surface area contributed by atoms with Crippen molar-refractivity contribution >= 4 is 11.0 Å². The van der Waals surface area contributed by atoms with Crippen molar-refractivity contribution in [3.05, 3.63) is 30.1 Å². The zero-order chi connectivity index (χ0) is 8.55. The quantitative estimate of drug-likeness (QED) is 0.669. The maximum Gasteiger partial charge on any atom is 0.0940 e. The number of hydrogen-bond donors (Lipinski definition) is 2. The van der Waals surface area contributed by atoms with E-state index in [-0.39, 0.29) is 0 Å². The third-order valence-electron chi connectivity index (χ3n) is 1.93. The van der Waals surface area contributed by atoms with Crippen molar-refractivity contribution in [1.29, 1.82) is 0 Å². The predicted molar refractivity (Wildman–Crippen MR) is 46.7 cm³/mol. The Balaban J connectivity index is 2.73. The highest BCUT2D eigenvalue weighted by molar-refractivity contribution is 5.78. The van der Waals surface area contributed by atoms with Crippen LogP contribution in [0.3, 0.4) is 0 Å². The number of benzene rings is 1. The summed E-state index contributed by atoms with van der Waals surface area (Å²) in [6.45, 7) is 1.74. The molecule has 1 unspecified atom stereocenters. The number of aromatic amines is 1. The molecule has 2 N–H and O–H groups in total. The van der Waals surface area contributed by atoms with Crippen LogP contribution in [0, 0.1) is 0 Å². The number of aromatic nitrogens is 2. The average Bonchev–Trinajstić information content (AvgIpc) is 2.49. The molecule has 62 valence electrons. The zero-order valence-corrected chi connectivity index (χ0v) is 6.78. The van der Waals surface area contributed by atoms with Gasteiger partial charge in [-0.05, 0) is 13.0 Å². The van der Waals surface area contributed by atoms with E-state index in [1.807, 2.05) is 18.2 Å². The van der Waals surface area contributed by atoms with Crippen molar-refractivity contribution in [3.8, 4) is 0 Å². The molecule has 0 bridgehead atoms. The van der Waals surface area contributed by atoms with Gasteiger partial charge < -0.3 is 10.1 Å². The van der Waals surface area contributed by atoms with Crippen LogP contribution in [0.2, 0.25) is 0 Å². The Bertz CT molecular complexity index is 392. The van der Waals surface area contributed by atoms with Crippen LogP contribution in [0.5, 0.6) is 0 Å². The maximum absolute atomic E-state index is 9.39. The molecule has 1 aromatic carbocycles. The minimum absolute atomic E-state index is 0.461. The molecule has 1 atom stereocenters. The summed E-state index contributed by atoms with van der Waals surface area (Å²) in [5.74, 6) is 0. The van der Waals surface area contributed by atoms with Gasteiger partial charge in [0.15, 0.2) is 0 Å². The second-order valence-electron chi connectivity index (χ2n) is 2.82. The van der Waals surface area contributed by atoms with Gasteiger partial charge in [0.05, 0.1) is 23.5 Å². The number of imidazole rings is 1. The first-order valence-electron chi connectivity index (χ1n) is 3.89. The predicted octanol–water partition coefficient (Wildman–Crippen LogP) is 1.62. The van der Waals surface area contributed by atoms with E-state index in [9.17, 15) is 5.11 Å². The molecule has 1 aromatic heterocycles. The largest absolute Gasteiger partial charge is 0.389 e. The Labute approximate surface area is 70.1 Å². The number of nitrogens with zero attached hydrogens (tertiary/aromatic N) is 1. The van der Waals surface area contributed by atoms with Crippen molar-refractivity contribution in [2.45, 2.75) is 13.0 Å². The zero-order valence-electron chi connectivity index (χ0n) is 6.78. The highest BCUT2D eigenvalue weighted by Crippen LogP contribution is 2.20. The molecule has 0 aliphatic carbocycles. The van der Waals surface area contributed by atoms with Gasteiger partial charge in [0.1, 0.15) is 0 Å². The van der Waals surface area contributed by atoms with Crippen LogP contribution in [-0.2, 0) is 0 Å². The minimum Gasteiger partial charge on any atom is -0.389 e. The molecule has 12 heavy (non-hydrogen) atoms. The van der Waals surface area contributed by atoms with Crippen molar-refractivity contribution in [3.63, 3.8) is 0 Å². The van der Waals surface area contributed by atoms with Crippen LogP contribution >= 0.6 is 0 Å². The van der Waals surface area contributed by atoms with Crippen LogP contribution in [0.25, 0.3) is 11.0 Å². The van der Waals surface area contributed by atoms with E-state index in [1.54, 1.807) is 13.3 Å². The van der Waals surface area contributed by atoms with Crippen molar-refractivity contribution < 1.29 is 5.11 Å². The first kappa shape index (κ1) is 7.31. The molecule has 3 nitrogen and oxygen atoms in total. The second kappa shape index (κ2) is 2.60. The Kier molecular flexibility index (Phi) is 1.59. The Morgan fingerprint density at radius 2 is 2.33 bits per heavy atom. The molecular weight excluding hydrogens is 152 g/mol. The molecular formula is C9H10N2O. The third-order valence-corrected chi connectivity index (χ3v) is 1.93. The van der Waals surface area contributed by atoms with Crippen molar-refractivity contribution in [2.75, 3.05) is 0 Å². The van der Waals surface area contributed by atoms with Crippen LogP contribution in [0.4, 0.5) is 0 Å². The van der Waals surface area contributed by atoms with E-state index in [0.717, 1.165) is 16.6 Å². The lowest BCUT2D eigenvalue weighted by Gasteiger charge is -2.03. The molecule has 2 rings (SSSR count). The van der Waals surface area contributed by atoms with Crippen LogP contribution < -0.4 is 0 Å². The van der Waals surface area contributed by atoms with E-state index in [1.165, 1.54) is 0 Å². The summed E-state index contributed by atoms with van der Waals surface area (Å²) in [6, 6.07) is 5.73. The summed E-state index contributed by atoms with van der Waals surface area (Å²) in [4.78, 5) is 7.12. The molecule has 1 heterocycles. The monoisotopic (exact) mass is 162 g/mol. The minimum atomic E-state index is -0.461. The third kappa shape index (κ3) is 0.987. The lowest BCUT2D eigenvalue weighted by Crippen LogP contribution is -1.91. The van der Waals surface area contributed by atoms with Gasteiger partial charge in [0.2, 0.25) is 0 Å². The number of hydrogen-bond acceptors (Lipinski definition) is 2. The van der Waals surface area contributed by atoms with E-state index in [2.05, 4.69) is 9.97 Å². The molecule has 0 amide bonds. The fourth-order valence-electron chi connectivity index (χ4n) is 1.33. The number of H-pyrrole nitrogens is 1. The standard InChI is InChI=1S/C9H10N2O/c1-6(12)7-3-2-4-8-9(7)11-5-10-8/h2-6,12H,1H3,(H,10,11). The van der Waals surface area contributed by atoms with E-state index < -0.39 is 6.10 Å². The molecule has 0 radical (unpaired) electrons. The van der Waals surface area contributed by atoms with E-state index in [0.29, 0.717) is 0 Å². The topological polar surface area (TPSA) is 48.9 Å². The lowest BCUT2D eigenvalue weighted by molar-refractivity contribution is 0.200. The van der Waals surface area contributed by atoms with Crippen LogP contribution in [0.15, 0.2) is 24.5 Å². The second-order valence-corrected chi connectivity index (χ2v) is 2.82. The summed E-state index contributed by atoms with van der Waals surface area (Å²) in [5.41, 5.74) is 2.69. The fraction of sp³-hybridized carbons (Fsp3) is 0.222. The molecule has 3 heteroatoms. The van der Waals surface area contributed by atoms with Gasteiger partial charge in [-0.1, -0.05) is 12.1 Å². The highest BCUT2D eigenvalue weighted by atomic mass is 16.3. The Morgan fingerprint density at radius 3 is 3.08 bits per heavy atom. The van der Waals surface area contributed by atoms with Crippen LogP contribution in [0.1, 0.15) is 18.6 Å². The Morgan fingerprint density at radius 1 is 1.50 bits per heavy atom. The summed E-state index contributed by atoms with van der Waals surface area (Å²) >= 11 is 0. The molecule has 0 spiro atoms. The number of aliphatic hydroxyl groups is 1. The van der Waals surface area contributed by atoms with Gasteiger partial charge in [-0.2, -0.15) is 0 Å². The number of para-hydroxylation sites is 1. The Hall–Kier alpha value is -1.35. The molecule has 0 saturated carbocycles. The van der Waals surface area contributed by atoms with Gasteiger partial charge in [-0.15, -0.1) is 0 Å². The van der Waals surface area contributed by atoms with Crippen LogP contribution in [-0.4, -0.2) is 15.1 Å². The summed E-state index contributed by atoms with van der Waals surface area (Å²) < 4.78 is 0. The molecule has 0 fully saturated rings. The van der Waals surface area contributed by atoms with Gasteiger partial charge in [0, 0.05) is 5.56 Å². The molecule has 2 aromatic rings. The number of fused-ring (bicyclic) bond motifs is 1. The summed E-state index contributed by atoms with van der Waals surface area (Å²) in [7, 11) is 0. The smallest absolute Gasteiger partial charge is 0.0940 e. The molecule has 0 saturated heterocycles. The van der Waals surface area contributed by atoms with Gasteiger partial charge in [-0.3, -0.25) is 0 Å². The normalized spacial score (nSPS) is 13.5. The van der Waals surface area contributed by atoms with E-state index in [4.69, 9.17) is 0 Å². The van der Waals surface area contributed by atoms with Gasteiger partial charge in [0.25, 0.3) is 0 Å². The summed E-state index contributed by atoms with van der Waals surface area (Å²) in [5, 5.41) is 9.39. The molecule has 0 aliphatic heterocycles. The lowest BCUT2D eigenvalue weighted by atomic mass is 10.1. The van der Waals surface area contributed by atoms with Gasteiger partial charge in [-0.25, -0.2) is 4.98 Å². The number of aliphatic hydroxyl groups excluding tert-OH is 1. The first-order chi connectivity index (χ1) is 5.79. The SMILES string of the molecule is CC(O)c1cccc2[nH]cnc12. The highest BCUT2D eigenvalue weighted by Gasteiger charge is 2.06. The maximum atomic E-state index is 9.39. The fourth-order valence-corrected chi connectivity index (χ4v) is 1.33. The van der Waals surface area contributed by atoms with Gasteiger partial charge >= 0.3 is 0 Å². The van der Waals surface area contributed by atoms with E-state index >= 15 is 0 Å². The summed E-state index contributed by atoms with van der Waals surface area (Å²) in [6.07, 6.45) is 1.17. The van der Waals surface area contributed by atoms with Crippen molar-refractivity contribution in [1.82, 2.24) is 9.97 Å². The number of nitrogens with one attached hydrogen (secondary N) is 1. The molecule has 0 aliphatic rings. The number of rotatable bonds is 1. The first-order valence-corrected chi connectivity index (χ1v) is 3.89. The average molecular weight is 162 g/mol. The van der Waals surface area contributed by atoms with Crippen molar-refractivity contribution in [2.24, 2.45) is 0 Å².